The van der Waals surface area contributed by atoms with Crippen molar-refractivity contribution in [3.05, 3.63) is 52.2 Å². The fraction of sp³-hybridized carbons (Fsp3) is 0.421. The van der Waals surface area contributed by atoms with Crippen LogP contribution in [0.25, 0.3) is 0 Å². The molecule has 2 aromatic rings. The minimum Gasteiger partial charge on any atom is -0.357 e. The van der Waals surface area contributed by atoms with Gasteiger partial charge in [0.25, 0.3) is 0 Å². The first kappa shape index (κ1) is 24.9. The number of rotatable bonds is 8. The molecular formula is C19H29IN4O2S2. The molecule has 0 saturated carbocycles. The number of thiophene rings is 1. The van der Waals surface area contributed by atoms with Crippen LogP contribution in [0.4, 0.5) is 0 Å². The predicted molar refractivity (Wildman–Crippen MR) is 128 cm³/mol. The van der Waals surface area contributed by atoms with E-state index in [1.54, 1.807) is 30.5 Å². The van der Waals surface area contributed by atoms with Crippen LogP contribution >= 0.6 is 35.3 Å². The summed E-state index contributed by atoms with van der Waals surface area (Å²) in [5.74, 6) is 0.738. The van der Waals surface area contributed by atoms with Gasteiger partial charge in [0.1, 0.15) is 0 Å². The van der Waals surface area contributed by atoms with E-state index < -0.39 is 10.0 Å². The normalized spacial score (nSPS) is 12.1. The van der Waals surface area contributed by atoms with E-state index in [0.29, 0.717) is 11.4 Å². The lowest BCUT2D eigenvalue weighted by molar-refractivity contribution is 0.410. The molecule has 0 atom stereocenters. The summed E-state index contributed by atoms with van der Waals surface area (Å²) < 4.78 is 26.4. The average molecular weight is 537 g/mol. The van der Waals surface area contributed by atoms with Crippen LogP contribution in [0.5, 0.6) is 0 Å². The molecule has 0 fully saturated rings. The van der Waals surface area contributed by atoms with Crippen molar-refractivity contribution in [2.45, 2.75) is 44.8 Å². The molecule has 2 rings (SSSR count). The van der Waals surface area contributed by atoms with Crippen LogP contribution in [0.1, 0.15) is 31.2 Å². The van der Waals surface area contributed by atoms with E-state index in [9.17, 15) is 8.42 Å². The fourth-order valence-corrected chi connectivity index (χ4v) is 4.32. The number of hydrogen-bond donors (Lipinski definition) is 2. The maximum atomic E-state index is 12.5. The largest absolute Gasteiger partial charge is 0.357 e. The third-order valence-corrected chi connectivity index (χ3v) is 7.03. The lowest BCUT2D eigenvalue weighted by Crippen LogP contribution is -2.36. The summed E-state index contributed by atoms with van der Waals surface area (Å²) >= 11 is 1.70. The quantitative estimate of drug-likeness (QED) is 0.307. The highest BCUT2D eigenvalue weighted by molar-refractivity contribution is 14.0. The first-order valence-corrected chi connectivity index (χ1v) is 11.3. The van der Waals surface area contributed by atoms with E-state index in [-0.39, 0.29) is 30.0 Å². The maximum absolute atomic E-state index is 12.5. The van der Waals surface area contributed by atoms with Crippen molar-refractivity contribution in [2.24, 2.45) is 4.99 Å². The van der Waals surface area contributed by atoms with Gasteiger partial charge in [0.2, 0.25) is 10.0 Å². The molecule has 0 radical (unpaired) electrons. The molecule has 1 heterocycles. The molecule has 1 aromatic carbocycles. The van der Waals surface area contributed by atoms with Crippen molar-refractivity contribution in [1.29, 1.82) is 0 Å². The van der Waals surface area contributed by atoms with E-state index >= 15 is 0 Å². The smallest absolute Gasteiger partial charge is 0.243 e. The summed E-state index contributed by atoms with van der Waals surface area (Å²) in [4.78, 5) is 6.12. The van der Waals surface area contributed by atoms with Crippen molar-refractivity contribution in [3.8, 4) is 0 Å². The van der Waals surface area contributed by atoms with Crippen LogP contribution in [0.2, 0.25) is 0 Å². The Morgan fingerprint density at radius 2 is 1.86 bits per heavy atom. The second kappa shape index (κ2) is 11.7. The lowest BCUT2D eigenvalue weighted by atomic mass is 10.2. The van der Waals surface area contributed by atoms with Crippen LogP contribution in [-0.4, -0.2) is 38.3 Å². The molecule has 0 amide bonds. The standard InChI is InChI=1S/C19H28N4O2S2.HI/c1-5-20-19(22-14-17-7-6-12-26-17)21-13-16-8-10-18(11-9-16)27(24,25)23(4)15(2)3;/h6-12,15H,5,13-14H2,1-4H3,(H2,20,21,22);1H. The maximum Gasteiger partial charge on any atom is 0.243 e. The molecule has 1 aromatic heterocycles. The second-order valence-electron chi connectivity index (χ2n) is 6.39. The van der Waals surface area contributed by atoms with Gasteiger partial charge in [-0.3, -0.25) is 0 Å². The molecule has 0 aliphatic rings. The third-order valence-electron chi connectivity index (χ3n) is 4.10. The summed E-state index contributed by atoms with van der Waals surface area (Å²) in [5.41, 5.74) is 0.953. The topological polar surface area (TPSA) is 73.8 Å². The summed E-state index contributed by atoms with van der Waals surface area (Å²) in [6.45, 7) is 7.70. The molecule has 0 bridgehead atoms. The zero-order chi connectivity index (χ0) is 19.9. The predicted octanol–water partition coefficient (Wildman–Crippen LogP) is 3.65. The number of nitrogens with zero attached hydrogens (tertiary/aromatic N) is 2. The number of hydrogen-bond acceptors (Lipinski definition) is 4. The number of aliphatic imine (C=N–C) groups is 1. The van der Waals surface area contributed by atoms with Gasteiger partial charge in [-0.15, -0.1) is 35.3 Å². The molecule has 28 heavy (non-hydrogen) atoms. The Kier molecular flexibility index (Phi) is 10.4. The van der Waals surface area contributed by atoms with Gasteiger partial charge in [-0.2, -0.15) is 4.31 Å². The molecular weight excluding hydrogens is 507 g/mol. The van der Waals surface area contributed by atoms with Gasteiger partial charge in [0.05, 0.1) is 18.0 Å². The molecule has 156 valence electrons. The second-order valence-corrected chi connectivity index (χ2v) is 9.42. The van der Waals surface area contributed by atoms with E-state index in [4.69, 9.17) is 0 Å². The average Bonchev–Trinajstić information content (AvgIpc) is 3.17. The van der Waals surface area contributed by atoms with Gasteiger partial charge in [0.15, 0.2) is 5.96 Å². The highest BCUT2D eigenvalue weighted by Crippen LogP contribution is 2.17. The van der Waals surface area contributed by atoms with Gasteiger partial charge in [-0.25, -0.2) is 13.4 Å². The van der Waals surface area contributed by atoms with Crippen LogP contribution in [0, 0.1) is 0 Å². The molecule has 0 spiro atoms. The Morgan fingerprint density at radius 1 is 1.18 bits per heavy atom. The molecule has 0 aliphatic heterocycles. The highest BCUT2D eigenvalue weighted by atomic mass is 127. The number of benzene rings is 1. The van der Waals surface area contributed by atoms with Gasteiger partial charge >= 0.3 is 0 Å². The third kappa shape index (κ3) is 7.02. The van der Waals surface area contributed by atoms with Gasteiger partial charge < -0.3 is 10.6 Å². The summed E-state index contributed by atoms with van der Waals surface area (Å²) in [6, 6.07) is 10.9. The van der Waals surface area contributed by atoms with Crippen molar-refractivity contribution in [2.75, 3.05) is 13.6 Å². The Balaban J connectivity index is 0.00000392. The summed E-state index contributed by atoms with van der Waals surface area (Å²) in [7, 11) is -1.86. The van der Waals surface area contributed by atoms with Crippen molar-refractivity contribution >= 4 is 51.3 Å². The van der Waals surface area contributed by atoms with E-state index in [2.05, 4.69) is 21.7 Å². The molecule has 9 heteroatoms. The van der Waals surface area contributed by atoms with E-state index in [0.717, 1.165) is 24.6 Å². The number of nitrogens with one attached hydrogen (secondary N) is 2. The van der Waals surface area contributed by atoms with E-state index in [1.165, 1.54) is 9.18 Å². The minimum atomic E-state index is -3.45. The molecule has 2 N–H and O–H groups in total. The van der Waals surface area contributed by atoms with Gasteiger partial charge in [-0.1, -0.05) is 18.2 Å². The number of halogens is 1. The Labute approximate surface area is 189 Å². The first-order valence-electron chi connectivity index (χ1n) is 8.96. The summed E-state index contributed by atoms with van der Waals surface area (Å²) in [6.07, 6.45) is 0. The zero-order valence-corrected chi connectivity index (χ0v) is 20.6. The number of sulfonamides is 1. The zero-order valence-electron chi connectivity index (χ0n) is 16.7. The van der Waals surface area contributed by atoms with Crippen LogP contribution < -0.4 is 10.6 Å². The van der Waals surface area contributed by atoms with Gasteiger partial charge in [0, 0.05) is 24.5 Å². The Hall–Kier alpha value is -1.17. The fourth-order valence-electron chi connectivity index (χ4n) is 2.31. The number of guanidine groups is 1. The monoisotopic (exact) mass is 536 g/mol. The van der Waals surface area contributed by atoms with Crippen LogP contribution in [0.3, 0.4) is 0 Å². The SMILES string of the molecule is CCNC(=NCc1ccc(S(=O)(=O)N(C)C(C)C)cc1)NCc1cccs1.I. The van der Waals surface area contributed by atoms with Crippen molar-refractivity contribution < 1.29 is 8.42 Å². The molecule has 6 nitrogen and oxygen atoms in total. The summed E-state index contributed by atoms with van der Waals surface area (Å²) in [5, 5.41) is 8.57. The molecule has 0 aliphatic carbocycles. The van der Waals surface area contributed by atoms with Crippen LogP contribution in [0.15, 0.2) is 51.7 Å². The Bertz CT molecular complexity index is 835. The van der Waals surface area contributed by atoms with E-state index in [1.807, 2.05) is 44.4 Å². The first-order chi connectivity index (χ1) is 12.8. The Morgan fingerprint density at radius 3 is 2.39 bits per heavy atom. The van der Waals surface area contributed by atoms with Crippen molar-refractivity contribution in [1.82, 2.24) is 14.9 Å². The lowest BCUT2D eigenvalue weighted by Gasteiger charge is -2.21. The minimum absolute atomic E-state index is 0. The molecule has 0 saturated heterocycles. The van der Waals surface area contributed by atoms with Gasteiger partial charge in [-0.05, 0) is 49.9 Å². The highest BCUT2D eigenvalue weighted by Gasteiger charge is 2.22. The molecule has 0 unspecified atom stereocenters. The van der Waals surface area contributed by atoms with Crippen LogP contribution in [-0.2, 0) is 23.1 Å². The van der Waals surface area contributed by atoms with Crippen molar-refractivity contribution in [3.63, 3.8) is 0 Å².